The number of aliphatic hydroxyl groups excluding tert-OH is 2. The number of rotatable bonds is 39. The van der Waals surface area contributed by atoms with Gasteiger partial charge in [0, 0.05) is 12.8 Å². The van der Waals surface area contributed by atoms with Crippen LogP contribution in [0.3, 0.4) is 0 Å². The molecule has 0 bridgehead atoms. The number of nitrogens with zero attached hydrogens (tertiary/aromatic N) is 1. The van der Waals surface area contributed by atoms with E-state index in [2.05, 4.69) is 38.2 Å². The second-order valence-electron chi connectivity index (χ2n) is 16.0. The minimum atomic E-state index is -4.45. The van der Waals surface area contributed by atoms with E-state index in [-0.39, 0.29) is 38.9 Å². The zero-order chi connectivity index (χ0) is 41.8. The first-order chi connectivity index (χ1) is 26.8. The van der Waals surface area contributed by atoms with Gasteiger partial charge in [0.15, 0.2) is 6.10 Å². The molecule has 0 fully saturated rings. The third kappa shape index (κ3) is 37.7. The first-order valence-electron chi connectivity index (χ1n) is 21.9. The van der Waals surface area contributed by atoms with Crippen LogP contribution in [0.5, 0.6) is 0 Å². The van der Waals surface area contributed by atoms with Crippen molar-refractivity contribution < 1.29 is 52.3 Å². The van der Waals surface area contributed by atoms with Crippen LogP contribution in [0.15, 0.2) is 36.5 Å². The number of phosphoric acid groups is 1. The summed E-state index contributed by atoms with van der Waals surface area (Å²) in [5.41, 5.74) is 0. The van der Waals surface area contributed by atoms with Crippen LogP contribution in [0.25, 0.3) is 0 Å². The maximum Gasteiger partial charge on any atom is 0.472 e. The molecular weight excluding hydrogens is 733 g/mol. The van der Waals surface area contributed by atoms with Gasteiger partial charge in [-0.2, -0.15) is 0 Å². The quantitative estimate of drug-likeness (QED) is 0.0180. The van der Waals surface area contributed by atoms with E-state index < -0.39 is 44.7 Å². The van der Waals surface area contributed by atoms with Crippen LogP contribution in [0.4, 0.5) is 0 Å². The number of aliphatic hydroxyl groups is 2. The standard InChI is InChI=1S/C44H82NO10P/c1-6-8-10-12-14-16-18-20-22-24-26-28-30-34-43(48)52-38-40(39-54-56(50,51)53-37-36-45(3,4)5)55-44(49)35-31-33-42(47)41(46)32-29-27-25-23-21-19-17-15-13-11-9-7-2/h15,17,21,23,27,29,40-42,46-47H,6-14,16,18-20,22,24-26,28,30-39H2,1-5H3/p+1/b17-15-,23-21-,29-27-/t40-,41?,42?/m1/s1. The highest BCUT2D eigenvalue weighted by Crippen LogP contribution is 2.43. The number of carbonyl (C=O) groups excluding carboxylic acids is 2. The number of carbonyl (C=O) groups is 2. The molecule has 12 heteroatoms. The molecule has 3 N–H and O–H groups in total. The van der Waals surface area contributed by atoms with Crippen molar-refractivity contribution in [2.45, 2.75) is 186 Å². The molecule has 0 spiro atoms. The van der Waals surface area contributed by atoms with Gasteiger partial charge in [-0.05, 0) is 51.4 Å². The number of allylic oxidation sites excluding steroid dienone is 5. The van der Waals surface area contributed by atoms with Crippen molar-refractivity contribution in [2.75, 3.05) is 47.5 Å². The van der Waals surface area contributed by atoms with Crippen LogP contribution in [0.2, 0.25) is 0 Å². The first kappa shape index (κ1) is 54.2. The number of quaternary nitrogens is 1. The highest BCUT2D eigenvalue weighted by atomic mass is 31.2. The van der Waals surface area contributed by atoms with Crippen molar-refractivity contribution in [1.82, 2.24) is 0 Å². The van der Waals surface area contributed by atoms with Crippen molar-refractivity contribution in [1.29, 1.82) is 0 Å². The molecule has 328 valence electrons. The van der Waals surface area contributed by atoms with E-state index in [1.165, 1.54) is 77.0 Å². The lowest BCUT2D eigenvalue weighted by molar-refractivity contribution is -0.870. The highest BCUT2D eigenvalue weighted by Gasteiger charge is 2.27. The summed E-state index contributed by atoms with van der Waals surface area (Å²) in [6.45, 7) is 4.05. The van der Waals surface area contributed by atoms with Gasteiger partial charge in [0.05, 0.1) is 40.0 Å². The molecule has 56 heavy (non-hydrogen) atoms. The molecule has 11 nitrogen and oxygen atoms in total. The summed E-state index contributed by atoms with van der Waals surface area (Å²) < 4.78 is 34.0. The third-order valence-electron chi connectivity index (χ3n) is 9.37. The molecular formula is C44H83NO10P+. The van der Waals surface area contributed by atoms with Crippen molar-refractivity contribution in [3.63, 3.8) is 0 Å². The van der Waals surface area contributed by atoms with Crippen molar-refractivity contribution in [3.05, 3.63) is 36.5 Å². The van der Waals surface area contributed by atoms with E-state index in [0.29, 0.717) is 23.9 Å². The Hall–Kier alpha value is -1.85. The minimum Gasteiger partial charge on any atom is -0.462 e. The van der Waals surface area contributed by atoms with Crippen LogP contribution < -0.4 is 0 Å². The van der Waals surface area contributed by atoms with Crippen LogP contribution in [0, 0.1) is 0 Å². The third-order valence-corrected chi connectivity index (χ3v) is 10.4. The van der Waals surface area contributed by atoms with E-state index in [1.54, 1.807) is 0 Å². The summed E-state index contributed by atoms with van der Waals surface area (Å²) >= 11 is 0. The van der Waals surface area contributed by atoms with E-state index >= 15 is 0 Å². The van der Waals surface area contributed by atoms with Crippen molar-refractivity contribution in [2.24, 2.45) is 0 Å². The number of hydrogen-bond donors (Lipinski definition) is 3. The fourth-order valence-corrected chi connectivity index (χ4v) is 6.51. The Bertz CT molecular complexity index is 1090. The van der Waals surface area contributed by atoms with Crippen LogP contribution >= 0.6 is 7.82 Å². The van der Waals surface area contributed by atoms with Gasteiger partial charge in [0.2, 0.25) is 0 Å². The molecule has 0 heterocycles. The van der Waals surface area contributed by atoms with Gasteiger partial charge in [-0.3, -0.25) is 18.6 Å². The Morgan fingerprint density at radius 2 is 1.14 bits per heavy atom. The lowest BCUT2D eigenvalue weighted by atomic mass is 10.0. The van der Waals surface area contributed by atoms with Gasteiger partial charge in [-0.1, -0.05) is 140 Å². The monoisotopic (exact) mass is 817 g/mol. The second-order valence-corrected chi connectivity index (χ2v) is 17.5. The Morgan fingerprint density at radius 1 is 0.625 bits per heavy atom. The molecule has 0 aromatic carbocycles. The molecule has 0 aromatic rings. The summed E-state index contributed by atoms with van der Waals surface area (Å²) in [5, 5.41) is 20.8. The van der Waals surface area contributed by atoms with Gasteiger partial charge in [0.1, 0.15) is 19.8 Å². The predicted molar refractivity (Wildman–Crippen MR) is 227 cm³/mol. The number of esters is 2. The molecule has 0 saturated heterocycles. The Balaban J connectivity index is 4.62. The number of ether oxygens (including phenoxy) is 2. The largest absolute Gasteiger partial charge is 0.472 e. The normalized spacial score (nSPS) is 15.1. The molecule has 0 rings (SSSR count). The average molecular weight is 817 g/mol. The summed E-state index contributed by atoms with van der Waals surface area (Å²) in [6.07, 6.45) is 32.2. The van der Waals surface area contributed by atoms with Gasteiger partial charge < -0.3 is 29.1 Å². The van der Waals surface area contributed by atoms with Crippen LogP contribution in [0.1, 0.15) is 168 Å². The average Bonchev–Trinajstić information content (AvgIpc) is 3.14. The molecule has 0 radical (unpaired) electrons. The molecule has 0 saturated carbocycles. The van der Waals surface area contributed by atoms with Gasteiger partial charge >= 0.3 is 19.8 Å². The van der Waals surface area contributed by atoms with Gasteiger partial charge in [0.25, 0.3) is 0 Å². The summed E-state index contributed by atoms with van der Waals surface area (Å²) in [7, 11) is 1.30. The Morgan fingerprint density at radius 3 is 1.73 bits per heavy atom. The maximum absolute atomic E-state index is 12.7. The molecule has 0 amide bonds. The smallest absolute Gasteiger partial charge is 0.462 e. The van der Waals surface area contributed by atoms with E-state index in [4.69, 9.17) is 18.5 Å². The molecule has 0 aliphatic carbocycles. The summed E-state index contributed by atoms with van der Waals surface area (Å²) in [6, 6.07) is 0. The second kappa shape index (κ2) is 36.2. The van der Waals surface area contributed by atoms with Crippen LogP contribution in [-0.4, -0.2) is 97.3 Å². The topological polar surface area (TPSA) is 149 Å². The van der Waals surface area contributed by atoms with E-state index in [0.717, 1.165) is 38.5 Å². The zero-order valence-corrected chi connectivity index (χ0v) is 37.0. The van der Waals surface area contributed by atoms with Crippen molar-refractivity contribution >= 4 is 19.8 Å². The fourth-order valence-electron chi connectivity index (χ4n) is 5.76. The molecule has 0 aliphatic rings. The number of unbranched alkanes of at least 4 members (excludes halogenated alkanes) is 15. The Kier molecular flexibility index (Phi) is 35.0. The lowest BCUT2D eigenvalue weighted by Gasteiger charge is -2.24. The zero-order valence-electron chi connectivity index (χ0n) is 36.1. The Labute approximate surface area is 341 Å². The molecule has 4 atom stereocenters. The SMILES string of the molecule is CCCCC/C=C\C/C=C\C/C=C\CC(O)C(O)CCCC(=O)O[C@H](COC(=O)CCCCCCCCCCCCCCC)COP(=O)(O)OCC[N+](C)(C)C. The first-order valence-corrected chi connectivity index (χ1v) is 23.4. The summed E-state index contributed by atoms with van der Waals surface area (Å²) in [5.74, 6) is -1.08. The lowest BCUT2D eigenvalue weighted by Crippen LogP contribution is -2.37. The fraction of sp³-hybridized carbons (Fsp3) is 0.818. The molecule has 0 aromatic heterocycles. The van der Waals surface area contributed by atoms with Crippen LogP contribution in [-0.2, 0) is 32.7 Å². The maximum atomic E-state index is 12.7. The van der Waals surface area contributed by atoms with Gasteiger partial charge in [-0.15, -0.1) is 0 Å². The van der Waals surface area contributed by atoms with Crippen molar-refractivity contribution in [3.8, 4) is 0 Å². The highest BCUT2D eigenvalue weighted by molar-refractivity contribution is 7.47. The molecule has 0 aliphatic heterocycles. The van der Waals surface area contributed by atoms with E-state index in [1.807, 2.05) is 33.3 Å². The predicted octanol–water partition coefficient (Wildman–Crippen LogP) is 10.1. The molecule has 3 unspecified atom stereocenters. The number of likely N-dealkylation sites (N-methyl/N-ethyl adjacent to an activating group) is 1. The minimum absolute atomic E-state index is 0.0199. The van der Waals surface area contributed by atoms with Gasteiger partial charge in [-0.25, -0.2) is 4.57 Å². The summed E-state index contributed by atoms with van der Waals surface area (Å²) in [4.78, 5) is 35.4. The van der Waals surface area contributed by atoms with E-state index in [9.17, 15) is 29.3 Å². The number of phosphoric ester groups is 1. The number of hydrogen-bond acceptors (Lipinski definition) is 9.